The van der Waals surface area contributed by atoms with E-state index < -0.39 is 21.9 Å². The van der Waals surface area contributed by atoms with Gasteiger partial charge < -0.3 is 4.18 Å². The van der Waals surface area contributed by atoms with E-state index in [0.29, 0.717) is 11.3 Å². The quantitative estimate of drug-likeness (QED) is 0.440. The first-order valence-corrected chi connectivity index (χ1v) is 11.1. The van der Waals surface area contributed by atoms with Gasteiger partial charge in [-0.15, -0.1) is 0 Å². The molecule has 0 fully saturated rings. The first kappa shape index (κ1) is 22.5. The van der Waals surface area contributed by atoms with E-state index in [-0.39, 0.29) is 38.6 Å². The van der Waals surface area contributed by atoms with Crippen LogP contribution in [0.4, 0.5) is 4.39 Å². The molecule has 1 aliphatic heterocycles. The van der Waals surface area contributed by atoms with Gasteiger partial charge in [-0.25, -0.2) is 9.38 Å². The van der Waals surface area contributed by atoms with Crippen LogP contribution < -0.4 is 0 Å². The number of ketones is 1. The predicted octanol–water partition coefficient (Wildman–Crippen LogP) is 5.28. The Morgan fingerprint density at radius 1 is 1.03 bits per heavy atom. The minimum Gasteiger partial charge on any atom is -0.358 e. The zero-order chi connectivity index (χ0) is 22.2. The summed E-state index contributed by atoms with van der Waals surface area (Å²) < 4.78 is 43.8. The smallest absolute Gasteiger partial charge is 0.340 e. The molecule has 1 heterocycles. The molecule has 1 unspecified atom stereocenters. The third-order valence-electron chi connectivity index (χ3n) is 4.83. The molecule has 0 radical (unpaired) electrons. The summed E-state index contributed by atoms with van der Waals surface area (Å²) in [7, 11) is -4.15. The van der Waals surface area contributed by atoms with E-state index in [1.807, 2.05) is 6.92 Å². The Labute approximate surface area is 184 Å². The molecule has 5 nitrogen and oxygen atoms in total. The van der Waals surface area contributed by atoms with Crippen LogP contribution in [0.3, 0.4) is 0 Å². The zero-order valence-electron chi connectivity index (χ0n) is 16.4. The van der Waals surface area contributed by atoms with Gasteiger partial charge in [0.15, 0.2) is 5.78 Å². The topological polar surface area (TPSA) is 72.8 Å². The molecule has 9 heteroatoms. The van der Waals surface area contributed by atoms with Gasteiger partial charge in [-0.3, -0.25) is 4.79 Å². The average Bonchev–Trinajstić information content (AvgIpc) is 2.69. The Morgan fingerprint density at radius 2 is 1.67 bits per heavy atom. The van der Waals surface area contributed by atoms with Gasteiger partial charge in [0.2, 0.25) is 5.88 Å². The van der Waals surface area contributed by atoms with Gasteiger partial charge in [0, 0.05) is 5.71 Å². The summed E-state index contributed by atoms with van der Waals surface area (Å²) in [5, 5.41) is -0.185. The van der Waals surface area contributed by atoms with Crippen molar-refractivity contribution in [1.29, 1.82) is 0 Å². The van der Waals surface area contributed by atoms with Gasteiger partial charge >= 0.3 is 10.1 Å². The second kappa shape index (κ2) is 8.49. The minimum atomic E-state index is -4.15. The molecule has 0 N–H and O–H groups in total. The normalized spacial score (nSPS) is 17.2. The Kier molecular flexibility index (Phi) is 6.36. The largest absolute Gasteiger partial charge is 0.358 e. The van der Waals surface area contributed by atoms with Crippen LogP contribution in [0.15, 0.2) is 57.7 Å². The van der Waals surface area contributed by atoms with Crippen molar-refractivity contribution in [3.63, 3.8) is 0 Å². The number of aliphatic imine (C=N–C) groups is 1. The number of carbonyl (C=O) groups excluding carboxylic acids is 1. The van der Waals surface area contributed by atoms with Gasteiger partial charge in [-0.2, -0.15) is 8.42 Å². The standard InChI is InChI=1S/C21H18Cl2FNO4S/c1-11-4-7-15(8-5-11)30(27,28)29-21-12(2)20(26)16(13(3)25-21)10-14-6-9-17(24)19(23)18(14)22/h4-9,16H,10H2,1-3H3. The fourth-order valence-electron chi connectivity index (χ4n) is 3.00. The van der Waals surface area contributed by atoms with E-state index in [4.69, 9.17) is 27.4 Å². The second-order valence-electron chi connectivity index (χ2n) is 6.99. The van der Waals surface area contributed by atoms with Crippen molar-refractivity contribution < 1.29 is 21.8 Å². The molecule has 0 saturated heterocycles. The van der Waals surface area contributed by atoms with Crippen LogP contribution in [-0.2, 0) is 25.5 Å². The fraction of sp³-hybridized carbons (Fsp3) is 0.238. The number of Topliss-reactive ketones (excluding diaryl/α,β-unsaturated/α-hetero) is 1. The number of carbonyl (C=O) groups is 1. The number of nitrogens with zero attached hydrogens (tertiary/aromatic N) is 1. The van der Waals surface area contributed by atoms with Crippen molar-refractivity contribution in [2.24, 2.45) is 10.9 Å². The summed E-state index contributed by atoms with van der Waals surface area (Å²) in [4.78, 5) is 17.1. The molecule has 1 aliphatic rings. The number of aryl methyl sites for hydroxylation is 1. The third-order valence-corrected chi connectivity index (χ3v) is 6.95. The molecule has 0 spiro atoms. The molecular formula is C21H18Cl2FNO4S. The molecule has 0 bridgehead atoms. The monoisotopic (exact) mass is 469 g/mol. The number of hydrogen-bond donors (Lipinski definition) is 0. The Hall–Kier alpha value is -2.22. The lowest BCUT2D eigenvalue weighted by atomic mass is 9.86. The second-order valence-corrected chi connectivity index (χ2v) is 9.29. The maximum absolute atomic E-state index is 13.5. The van der Waals surface area contributed by atoms with Crippen LogP contribution in [0, 0.1) is 18.7 Å². The summed E-state index contributed by atoms with van der Waals surface area (Å²) >= 11 is 12.0. The van der Waals surface area contributed by atoms with Gasteiger partial charge in [0.05, 0.1) is 21.5 Å². The highest BCUT2D eigenvalue weighted by atomic mass is 35.5. The van der Waals surface area contributed by atoms with Crippen molar-refractivity contribution in [3.8, 4) is 0 Å². The van der Waals surface area contributed by atoms with E-state index in [1.54, 1.807) is 19.1 Å². The van der Waals surface area contributed by atoms with Crippen molar-refractivity contribution in [2.75, 3.05) is 0 Å². The van der Waals surface area contributed by atoms with Crippen LogP contribution >= 0.6 is 23.2 Å². The summed E-state index contributed by atoms with van der Waals surface area (Å²) in [6.07, 6.45) is 0.141. The van der Waals surface area contributed by atoms with Crippen LogP contribution in [0.5, 0.6) is 0 Å². The van der Waals surface area contributed by atoms with E-state index in [2.05, 4.69) is 4.99 Å². The zero-order valence-corrected chi connectivity index (χ0v) is 18.7. The Morgan fingerprint density at radius 3 is 2.30 bits per heavy atom. The summed E-state index contributed by atoms with van der Waals surface area (Å²) in [5.74, 6) is -1.97. The molecular weight excluding hydrogens is 452 g/mol. The summed E-state index contributed by atoms with van der Waals surface area (Å²) in [6.45, 7) is 4.87. The van der Waals surface area contributed by atoms with Crippen molar-refractivity contribution in [2.45, 2.75) is 32.1 Å². The molecule has 0 saturated carbocycles. The van der Waals surface area contributed by atoms with Gasteiger partial charge in [-0.05, 0) is 51.0 Å². The highest BCUT2D eigenvalue weighted by molar-refractivity contribution is 7.86. The molecule has 0 amide bonds. The summed E-state index contributed by atoms with van der Waals surface area (Å²) in [6, 6.07) is 8.76. The van der Waals surface area contributed by atoms with Crippen molar-refractivity contribution in [3.05, 3.63) is 74.8 Å². The lowest BCUT2D eigenvalue weighted by Crippen LogP contribution is -2.30. The van der Waals surface area contributed by atoms with Gasteiger partial charge in [0.25, 0.3) is 0 Å². The number of hydrogen-bond acceptors (Lipinski definition) is 5. The number of benzene rings is 2. The van der Waals surface area contributed by atoms with Crippen LogP contribution in [0.25, 0.3) is 0 Å². The van der Waals surface area contributed by atoms with E-state index >= 15 is 0 Å². The lowest BCUT2D eigenvalue weighted by Gasteiger charge is -2.23. The maximum Gasteiger partial charge on any atom is 0.340 e. The predicted molar refractivity (Wildman–Crippen MR) is 114 cm³/mol. The Bertz CT molecular complexity index is 1190. The van der Waals surface area contributed by atoms with Crippen LogP contribution in [-0.4, -0.2) is 19.9 Å². The van der Waals surface area contributed by atoms with Gasteiger partial charge in [0.1, 0.15) is 10.7 Å². The maximum atomic E-state index is 13.5. The fourth-order valence-corrected chi connectivity index (χ4v) is 4.35. The molecule has 2 aromatic rings. The number of rotatable bonds is 5. The average molecular weight is 470 g/mol. The molecule has 158 valence electrons. The first-order valence-electron chi connectivity index (χ1n) is 8.95. The third kappa shape index (κ3) is 4.43. The van der Waals surface area contributed by atoms with E-state index in [1.165, 1.54) is 31.2 Å². The molecule has 0 aliphatic carbocycles. The Balaban J connectivity index is 1.87. The minimum absolute atomic E-state index is 0.0305. The SMILES string of the molecule is CC1=NC(OS(=O)(=O)c2ccc(C)cc2)=C(C)C(=O)C1Cc1ccc(F)c(Cl)c1Cl. The molecule has 3 rings (SSSR count). The van der Waals surface area contributed by atoms with Gasteiger partial charge in [-0.1, -0.05) is 47.0 Å². The molecule has 1 atom stereocenters. The van der Waals surface area contributed by atoms with Crippen LogP contribution in [0.1, 0.15) is 25.0 Å². The first-order chi connectivity index (χ1) is 14.0. The summed E-state index contributed by atoms with van der Waals surface area (Å²) in [5.41, 5.74) is 1.82. The highest BCUT2D eigenvalue weighted by Gasteiger charge is 2.33. The number of allylic oxidation sites excluding steroid dienone is 1. The van der Waals surface area contributed by atoms with E-state index in [9.17, 15) is 17.6 Å². The van der Waals surface area contributed by atoms with E-state index in [0.717, 1.165) is 5.56 Å². The lowest BCUT2D eigenvalue weighted by molar-refractivity contribution is -0.117. The highest BCUT2D eigenvalue weighted by Crippen LogP contribution is 2.33. The molecule has 30 heavy (non-hydrogen) atoms. The number of halogens is 3. The molecule has 2 aromatic carbocycles. The molecule has 0 aromatic heterocycles. The van der Waals surface area contributed by atoms with Crippen molar-refractivity contribution in [1.82, 2.24) is 0 Å². The van der Waals surface area contributed by atoms with Crippen LogP contribution in [0.2, 0.25) is 10.0 Å². The van der Waals surface area contributed by atoms with Crippen molar-refractivity contribution >= 4 is 44.8 Å².